The van der Waals surface area contributed by atoms with Crippen LogP contribution >= 0.6 is 0 Å². The lowest BCUT2D eigenvalue weighted by molar-refractivity contribution is -0.141. The number of hydrogen-bond acceptors (Lipinski definition) is 3. The lowest BCUT2D eigenvalue weighted by Crippen LogP contribution is -2.42. The first kappa shape index (κ1) is 15.3. The smallest absolute Gasteiger partial charge is 0.419 e. The van der Waals surface area contributed by atoms with Gasteiger partial charge in [0.15, 0.2) is 6.10 Å². The van der Waals surface area contributed by atoms with Gasteiger partial charge < -0.3 is 4.74 Å². The maximum atomic E-state index is 12.8. The normalized spacial score (nSPS) is 12.9. The van der Waals surface area contributed by atoms with Crippen LogP contribution in [0.3, 0.4) is 0 Å². The summed E-state index contributed by atoms with van der Waals surface area (Å²) in [7, 11) is 0. The molecule has 0 saturated heterocycles. The Morgan fingerprint density at radius 2 is 2.05 bits per heavy atom. The maximum absolute atomic E-state index is 12.8. The summed E-state index contributed by atoms with van der Waals surface area (Å²) in [5.41, 5.74) is 0.967. The van der Waals surface area contributed by atoms with Crippen molar-refractivity contribution in [1.29, 1.82) is 0 Å². The molecule has 0 aromatic heterocycles. The zero-order chi connectivity index (χ0) is 14.5. The van der Waals surface area contributed by atoms with Gasteiger partial charge >= 0.3 is 6.18 Å². The van der Waals surface area contributed by atoms with E-state index in [1.807, 2.05) is 5.43 Å². The first-order valence-corrected chi connectivity index (χ1v) is 5.73. The van der Waals surface area contributed by atoms with Crippen LogP contribution in [0, 0.1) is 0 Å². The van der Waals surface area contributed by atoms with Crippen molar-refractivity contribution in [3.8, 4) is 5.75 Å². The van der Waals surface area contributed by atoms with Gasteiger partial charge in [0.2, 0.25) is 0 Å². The number of benzene rings is 1. The van der Waals surface area contributed by atoms with Gasteiger partial charge in [-0.1, -0.05) is 25.5 Å². The molecule has 0 bridgehead atoms. The third kappa shape index (κ3) is 4.13. The molecular formula is C12H15F3N2O2. The second-order valence-corrected chi connectivity index (χ2v) is 3.90. The van der Waals surface area contributed by atoms with E-state index in [2.05, 4.69) is 0 Å². The molecule has 1 unspecified atom stereocenters. The van der Waals surface area contributed by atoms with E-state index in [9.17, 15) is 18.0 Å². The average Bonchev–Trinajstić information content (AvgIpc) is 2.36. The van der Waals surface area contributed by atoms with Gasteiger partial charge in [0.1, 0.15) is 5.75 Å². The van der Waals surface area contributed by atoms with Crippen molar-refractivity contribution < 1.29 is 22.7 Å². The number of nitrogens with one attached hydrogen (secondary N) is 1. The lowest BCUT2D eigenvalue weighted by atomic mass is 10.1. The number of alkyl halides is 3. The number of carbonyl (C=O) groups excluding carboxylic acids is 1. The summed E-state index contributed by atoms with van der Waals surface area (Å²) in [6.45, 7) is 1.79. The molecule has 0 aliphatic rings. The van der Waals surface area contributed by atoms with Gasteiger partial charge in [-0.15, -0.1) is 0 Å². The van der Waals surface area contributed by atoms with Crippen LogP contribution in [0.5, 0.6) is 5.75 Å². The number of amides is 1. The Bertz CT molecular complexity index is 435. The van der Waals surface area contributed by atoms with Gasteiger partial charge in [0, 0.05) is 0 Å². The van der Waals surface area contributed by atoms with Gasteiger partial charge in [0.25, 0.3) is 5.91 Å². The van der Waals surface area contributed by atoms with Crippen LogP contribution in [0.4, 0.5) is 13.2 Å². The first-order chi connectivity index (χ1) is 8.90. The van der Waals surface area contributed by atoms with E-state index < -0.39 is 23.8 Å². The van der Waals surface area contributed by atoms with Crippen LogP contribution in [0.15, 0.2) is 24.3 Å². The van der Waals surface area contributed by atoms with Crippen molar-refractivity contribution in [2.45, 2.75) is 32.0 Å². The third-order valence-corrected chi connectivity index (χ3v) is 2.45. The largest absolute Gasteiger partial charge is 0.480 e. The van der Waals surface area contributed by atoms with Gasteiger partial charge in [-0.3, -0.25) is 10.2 Å². The van der Waals surface area contributed by atoms with Crippen LogP contribution in [-0.4, -0.2) is 12.0 Å². The van der Waals surface area contributed by atoms with Crippen molar-refractivity contribution in [2.24, 2.45) is 5.84 Å². The average molecular weight is 276 g/mol. The van der Waals surface area contributed by atoms with Gasteiger partial charge in [-0.2, -0.15) is 13.2 Å². The first-order valence-electron chi connectivity index (χ1n) is 5.73. The van der Waals surface area contributed by atoms with Gasteiger partial charge in [-0.25, -0.2) is 5.84 Å². The van der Waals surface area contributed by atoms with Crippen molar-refractivity contribution in [2.75, 3.05) is 0 Å². The van der Waals surface area contributed by atoms with Crippen molar-refractivity contribution in [3.05, 3.63) is 29.8 Å². The second kappa shape index (κ2) is 6.42. The topological polar surface area (TPSA) is 64.3 Å². The summed E-state index contributed by atoms with van der Waals surface area (Å²) >= 11 is 0. The van der Waals surface area contributed by atoms with E-state index in [0.717, 1.165) is 6.07 Å². The Morgan fingerprint density at radius 3 is 2.58 bits per heavy atom. The number of para-hydroxylation sites is 1. The predicted molar refractivity (Wildman–Crippen MR) is 63.1 cm³/mol. The summed E-state index contributed by atoms with van der Waals surface area (Å²) in [6.07, 6.45) is -4.73. The molecule has 19 heavy (non-hydrogen) atoms. The van der Waals surface area contributed by atoms with Crippen LogP contribution in [0.1, 0.15) is 25.3 Å². The summed E-state index contributed by atoms with van der Waals surface area (Å²) in [5, 5.41) is 0. The minimum absolute atomic E-state index is 0.273. The Kier molecular flexibility index (Phi) is 5.17. The molecule has 4 nitrogen and oxygen atoms in total. The minimum Gasteiger partial charge on any atom is -0.480 e. The molecule has 1 atom stereocenters. The second-order valence-electron chi connectivity index (χ2n) is 3.90. The highest BCUT2D eigenvalue weighted by Crippen LogP contribution is 2.36. The zero-order valence-corrected chi connectivity index (χ0v) is 10.3. The SMILES string of the molecule is CCCC(Oc1ccccc1C(F)(F)F)C(=O)NN. The van der Waals surface area contributed by atoms with Crippen molar-refractivity contribution in [3.63, 3.8) is 0 Å². The molecule has 1 aromatic carbocycles. The highest BCUT2D eigenvalue weighted by Gasteiger charge is 2.35. The molecule has 0 heterocycles. The number of hydrogen-bond donors (Lipinski definition) is 2. The Hall–Kier alpha value is -1.76. The van der Waals surface area contributed by atoms with Crippen LogP contribution in [0.2, 0.25) is 0 Å². The predicted octanol–water partition coefficient (Wildman–Crippen LogP) is 2.24. The molecule has 0 radical (unpaired) electrons. The number of hydrazine groups is 1. The molecule has 7 heteroatoms. The summed E-state index contributed by atoms with van der Waals surface area (Å²) in [6, 6.07) is 4.75. The maximum Gasteiger partial charge on any atom is 0.419 e. The molecule has 1 amide bonds. The molecule has 1 aromatic rings. The fourth-order valence-corrected chi connectivity index (χ4v) is 1.56. The quantitative estimate of drug-likeness (QED) is 0.492. The molecule has 0 fully saturated rings. The number of carbonyl (C=O) groups is 1. The van der Waals surface area contributed by atoms with E-state index in [1.165, 1.54) is 18.2 Å². The van der Waals surface area contributed by atoms with E-state index in [1.54, 1.807) is 6.92 Å². The van der Waals surface area contributed by atoms with Crippen LogP contribution in [0.25, 0.3) is 0 Å². The third-order valence-electron chi connectivity index (χ3n) is 2.45. The standard InChI is InChI=1S/C12H15F3N2O2/c1-2-5-10(11(18)17-16)19-9-7-4-3-6-8(9)12(13,14)15/h3-4,6-7,10H,2,5,16H2,1H3,(H,17,18). The molecule has 0 aliphatic heterocycles. The minimum atomic E-state index is -4.54. The number of nitrogens with two attached hydrogens (primary N) is 1. The fourth-order valence-electron chi connectivity index (χ4n) is 1.56. The molecule has 106 valence electrons. The van der Waals surface area contributed by atoms with Crippen molar-refractivity contribution in [1.82, 2.24) is 5.43 Å². The number of halogens is 3. The van der Waals surface area contributed by atoms with E-state index in [-0.39, 0.29) is 12.2 Å². The molecule has 1 rings (SSSR count). The van der Waals surface area contributed by atoms with Crippen LogP contribution < -0.4 is 16.0 Å². The highest BCUT2D eigenvalue weighted by molar-refractivity contribution is 5.80. The molecule has 3 N–H and O–H groups in total. The summed E-state index contributed by atoms with van der Waals surface area (Å²) in [5.74, 6) is 3.95. The monoisotopic (exact) mass is 276 g/mol. The Morgan fingerprint density at radius 1 is 1.42 bits per heavy atom. The molecular weight excluding hydrogens is 261 g/mol. The van der Waals surface area contributed by atoms with E-state index in [4.69, 9.17) is 10.6 Å². The number of rotatable bonds is 5. The highest BCUT2D eigenvalue weighted by atomic mass is 19.4. The fraction of sp³-hybridized carbons (Fsp3) is 0.417. The zero-order valence-electron chi connectivity index (χ0n) is 10.3. The van der Waals surface area contributed by atoms with E-state index in [0.29, 0.717) is 6.42 Å². The Labute approximate surface area is 108 Å². The summed E-state index contributed by atoms with van der Waals surface area (Å²) < 4.78 is 43.4. The molecule has 0 aliphatic carbocycles. The summed E-state index contributed by atoms with van der Waals surface area (Å²) in [4.78, 5) is 11.4. The Balaban J connectivity index is 3.00. The molecule has 0 saturated carbocycles. The number of ether oxygens (including phenoxy) is 1. The van der Waals surface area contributed by atoms with Gasteiger partial charge in [0.05, 0.1) is 5.56 Å². The lowest BCUT2D eigenvalue weighted by Gasteiger charge is -2.19. The molecule has 0 spiro atoms. The van der Waals surface area contributed by atoms with Crippen molar-refractivity contribution >= 4 is 5.91 Å². The van der Waals surface area contributed by atoms with Gasteiger partial charge in [-0.05, 0) is 18.6 Å². The van der Waals surface area contributed by atoms with Crippen LogP contribution in [-0.2, 0) is 11.0 Å². The van der Waals surface area contributed by atoms with E-state index >= 15 is 0 Å².